The van der Waals surface area contributed by atoms with Crippen LogP contribution in [0.3, 0.4) is 0 Å². The Balaban J connectivity index is 2.14. The van der Waals surface area contributed by atoms with Gasteiger partial charge in [0, 0.05) is 13.6 Å². The Bertz CT molecular complexity index is 530. The molecule has 0 saturated heterocycles. The van der Waals surface area contributed by atoms with E-state index in [9.17, 15) is 8.42 Å². The SMILES string of the molecule is CCC1(CNS(=O)(=O)c2c(Br)nnn2C)CCCC1. The first-order chi connectivity index (χ1) is 8.90. The zero-order valence-corrected chi connectivity index (χ0v) is 13.6. The van der Waals surface area contributed by atoms with E-state index in [0.717, 1.165) is 19.3 Å². The van der Waals surface area contributed by atoms with Crippen molar-refractivity contribution in [1.29, 1.82) is 0 Å². The van der Waals surface area contributed by atoms with E-state index >= 15 is 0 Å². The Labute approximate surface area is 122 Å². The molecule has 8 heteroatoms. The highest BCUT2D eigenvalue weighted by Crippen LogP contribution is 2.40. The highest BCUT2D eigenvalue weighted by atomic mass is 79.9. The minimum atomic E-state index is -3.57. The van der Waals surface area contributed by atoms with E-state index in [-0.39, 0.29) is 15.0 Å². The topological polar surface area (TPSA) is 76.9 Å². The molecule has 0 radical (unpaired) electrons. The first-order valence-electron chi connectivity index (χ1n) is 6.45. The van der Waals surface area contributed by atoms with Crippen LogP contribution in [-0.2, 0) is 17.1 Å². The number of sulfonamides is 1. The molecule has 1 aromatic heterocycles. The Kier molecular flexibility index (Phi) is 4.32. The summed E-state index contributed by atoms with van der Waals surface area (Å²) in [5, 5.41) is 7.49. The Morgan fingerprint density at radius 1 is 1.42 bits per heavy atom. The number of nitrogens with one attached hydrogen (secondary N) is 1. The van der Waals surface area contributed by atoms with Crippen molar-refractivity contribution < 1.29 is 8.42 Å². The summed E-state index contributed by atoms with van der Waals surface area (Å²) in [6.45, 7) is 2.62. The van der Waals surface area contributed by atoms with Gasteiger partial charge in [-0.2, -0.15) is 0 Å². The van der Waals surface area contributed by atoms with Gasteiger partial charge >= 0.3 is 0 Å². The van der Waals surface area contributed by atoms with Gasteiger partial charge in [-0.1, -0.05) is 25.0 Å². The van der Waals surface area contributed by atoms with Crippen molar-refractivity contribution >= 4 is 26.0 Å². The van der Waals surface area contributed by atoms with Gasteiger partial charge in [0.2, 0.25) is 5.03 Å². The van der Waals surface area contributed by atoms with E-state index in [1.165, 1.54) is 17.5 Å². The van der Waals surface area contributed by atoms with Crippen molar-refractivity contribution in [2.24, 2.45) is 12.5 Å². The fourth-order valence-corrected chi connectivity index (χ4v) is 4.95. The van der Waals surface area contributed by atoms with Crippen LogP contribution in [0.2, 0.25) is 0 Å². The summed E-state index contributed by atoms with van der Waals surface area (Å²) in [7, 11) is -2.01. The fourth-order valence-electron chi connectivity index (χ4n) is 2.70. The average Bonchev–Trinajstić information content (AvgIpc) is 2.95. The molecular formula is C11H19BrN4O2S. The number of hydrogen-bond acceptors (Lipinski definition) is 4. The molecule has 1 heterocycles. The van der Waals surface area contributed by atoms with Gasteiger partial charge in [0.05, 0.1) is 0 Å². The maximum absolute atomic E-state index is 12.3. The summed E-state index contributed by atoms with van der Waals surface area (Å²) < 4.78 is 28.8. The second-order valence-corrected chi connectivity index (χ2v) is 7.63. The Morgan fingerprint density at radius 3 is 2.53 bits per heavy atom. The normalized spacial score (nSPS) is 18.9. The number of rotatable bonds is 5. The molecule has 2 rings (SSSR count). The molecule has 0 aliphatic heterocycles. The van der Waals surface area contributed by atoms with Crippen molar-refractivity contribution in [3.05, 3.63) is 4.60 Å². The summed E-state index contributed by atoms with van der Waals surface area (Å²) in [4.78, 5) is 0. The van der Waals surface area contributed by atoms with Gasteiger partial charge in [-0.05, 0) is 40.6 Å². The highest BCUT2D eigenvalue weighted by Gasteiger charge is 2.34. The first kappa shape index (κ1) is 14.9. The van der Waals surface area contributed by atoms with Gasteiger partial charge < -0.3 is 0 Å². The van der Waals surface area contributed by atoms with Crippen molar-refractivity contribution in [1.82, 2.24) is 19.7 Å². The molecule has 0 spiro atoms. The zero-order valence-electron chi connectivity index (χ0n) is 11.2. The smallest absolute Gasteiger partial charge is 0.235 e. The van der Waals surface area contributed by atoms with Crippen LogP contribution in [0.5, 0.6) is 0 Å². The summed E-state index contributed by atoms with van der Waals surface area (Å²) in [6.07, 6.45) is 5.56. The summed E-state index contributed by atoms with van der Waals surface area (Å²) in [5.41, 5.74) is 0.117. The minimum Gasteiger partial charge on any atom is -0.235 e. The van der Waals surface area contributed by atoms with Crippen molar-refractivity contribution in [2.75, 3.05) is 6.54 Å². The van der Waals surface area contributed by atoms with Crippen LogP contribution in [0.15, 0.2) is 9.63 Å². The lowest BCUT2D eigenvalue weighted by atomic mass is 9.84. The van der Waals surface area contributed by atoms with Gasteiger partial charge in [-0.3, -0.25) is 0 Å². The lowest BCUT2D eigenvalue weighted by Gasteiger charge is -2.27. The van der Waals surface area contributed by atoms with E-state index < -0.39 is 10.0 Å². The standard InChI is InChI=1S/C11H19BrN4O2S/c1-3-11(6-4-5-7-11)8-13-19(17,18)10-9(12)14-15-16(10)2/h13H,3-8H2,1-2H3. The van der Waals surface area contributed by atoms with Gasteiger partial charge in [0.25, 0.3) is 10.0 Å². The second kappa shape index (κ2) is 5.49. The lowest BCUT2D eigenvalue weighted by Crippen LogP contribution is -2.36. The van der Waals surface area contributed by atoms with Gasteiger partial charge in [-0.25, -0.2) is 17.8 Å². The maximum Gasteiger partial charge on any atom is 0.260 e. The molecular weight excluding hydrogens is 332 g/mol. The molecule has 1 aliphatic carbocycles. The summed E-state index contributed by atoms with van der Waals surface area (Å²) in [6, 6.07) is 0. The van der Waals surface area contributed by atoms with E-state index in [1.54, 1.807) is 7.05 Å². The molecule has 6 nitrogen and oxygen atoms in total. The second-order valence-electron chi connectivity index (χ2n) is 5.19. The number of hydrogen-bond donors (Lipinski definition) is 1. The molecule has 0 atom stereocenters. The minimum absolute atomic E-state index is 0.0803. The molecule has 0 amide bonds. The number of aromatic nitrogens is 3. The average molecular weight is 351 g/mol. The molecule has 1 fully saturated rings. The van der Waals surface area contributed by atoms with Gasteiger partial charge in [0.1, 0.15) is 0 Å². The molecule has 1 N–H and O–H groups in total. The molecule has 19 heavy (non-hydrogen) atoms. The van der Waals surface area contributed by atoms with Crippen LogP contribution in [0, 0.1) is 5.41 Å². The zero-order chi connectivity index (χ0) is 14.1. The Hall–Kier alpha value is -0.470. The highest BCUT2D eigenvalue weighted by molar-refractivity contribution is 9.10. The number of nitrogens with zero attached hydrogens (tertiary/aromatic N) is 3. The fraction of sp³-hybridized carbons (Fsp3) is 0.818. The third-order valence-electron chi connectivity index (χ3n) is 4.04. The van der Waals surface area contributed by atoms with Crippen LogP contribution >= 0.6 is 15.9 Å². The third kappa shape index (κ3) is 3.00. The van der Waals surface area contributed by atoms with E-state index in [2.05, 4.69) is 37.9 Å². The molecule has 0 unspecified atom stereocenters. The molecule has 1 saturated carbocycles. The van der Waals surface area contributed by atoms with Crippen LogP contribution in [0.25, 0.3) is 0 Å². The monoisotopic (exact) mass is 350 g/mol. The van der Waals surface area contributed by atoms with Crippen LogP contribution in [-0.4, -0.2) is 30.0 Å². The predicted molar refractivity (Wildman–Crippen MR) is 75.1 cm³/mol. The number of aryl methyl sites for hydroxylation is 1. The predicted octanol–water partition coefficient (Wildman–Crippen LogP) is 1.83. The van der Waals surface area contributed by atoms with Crippen molar-refractivity contribution in [3.8, 4) is 0 Å². The van der Waals surface area contributed by atoms with Crippen LogP contribution in [0.4, 0.5) is 0 Å². The van der Waals surface area contributed by atoms with E-state index in [4.69, 9.17) is 0 Å². The summed E-state index contributed by atoms with van der Waals surface area (Å²) in [5.74, 6) is 0. The summed E-state index contributed by atoms with van der Waals surface area (Å²) >= 11 is 3.12. The molecule has 0 bridgehead atoms. The van der Waals surface area contributed by atoms with Gasteiger partial charge in [-0.15, -0.1) is 5.10 Å². The van der Waals surface area contributed by atoms with Gasteiger partial charge in [0.15, 0.2) is 4.60 Å². The maximum atomic E-state index is 12.3. The van der Waals surface area contributed by atoms with Crippen molar-refractivity contribution in [3.63, 3.8) is 0 Å². The van der Waals surface area contributed by atoms with Crippen LogP contribution < -0.4 is 4.72 Å². The van der Waals surface area contributed by atoms with Crippen molar-refractivity contribution in [2.45, 2.75) is 44.1 Å². The molecule has 1 aliphatic rings. The van der Waals surface area contributed by atoms with E-state index in [0.29, 0.717) is 6.54 Å². The largest absolute Gasteiger partial charge is 0.260 e. The van der Waals surface area contributed by atoms with E-state index in [1.807, 2.05) is 0 Å². The lowest BCUT2D eigenvalue weighted by molar-refractivity contribution is 0.285. The third-order valence-corrected chi connectivity index (χ3v) is 6.33. The van der Waals surface area contributed by atoms with Crippen LogP contribution in [0.1, 0.15) is 39.0 Å². The molecule has 0 aromatic carbocycles. The number of halogens is 1. The molecule has 108 valence electrons. The molecule has 1 aromatic rings. The Morgan fingerprint density at radius 2 is 2.05 bits per heavy atom. The first-order valence-corrected chi connectivity index (χ1v) is 8.73. The quantitative estimate of drug-likeness (QED) is 0.878.